The van der Waals surface area contributed by atoms with Crippen LogP contribution in [0.2, 0.25) is 0 Å². The van der Waals surface area contributed by atoms with Gasteiger partial charge in [0.15, 0.2) is 0 Å². The van der Waals surface area contributed by atoms with Gasteiger partial charge in [0, 0.05) is 13.1 Å². The number of benzene rings is 1. The molecule has 0 spiro atoms. The first-order valence-corrected chi connectivity index (χ1v) is 10.2. The molecule has 1 aromatic heterocycles. The van der Waals surface area contributed by atoms with Crippen molar-refractivity contribution in [1.82, 2.24) is 14.7 Å². The number of fused-ring (bicyclic) bond motifs is 1. The number of rotatable bonds is 5. The molecular formula is C22H29ClN4O3. The largest absolute Gasteiger partial charge is 0.481 e. The van der Waals surface area contributed by atoms with Crippen molar-refractivity contribution in [3.05, 3.63) is 41.2 Å². The molecule has 1 aliphatic heterocycles. The molecule has 0 unspecified atom stereocenters. The third-order valence-electron chi connectivity index (χ3n) is 6.57. The number of carbonyl (C=O) groups is 2. The highest BCUT2D eigenvalue weighted by molar-refractivity contribution is 5.93. The Morgan fingerprint density at radius 3 is 2.57 bits per heavy atom. The number of anilines is 1. The minimum absolute atomic E-state index is 0. The molecule has 162 valence electrons. The summed E-state index contributed by atoms with van der Waals surface area (Å²) < 4.78 is 1.84. The second kappa shape index (κ2) is 8.40. The maximum atomic E-state index is 12.7. The topological polar surface area (TPSA) is 87.5 Å². The number of hydrogen-bond donors (Lipinski definition) is 2. The number of nitrogens with zero attached hydrogens (tertiary/aromatic N) is 3. The molecule has 7 nitrogen and oxygen atoms in total. The number of aliphatic carboxylic acids is 1. The first kappa shape index (κ1) is 22.3. The van der Waals surface area contributed by atoms with Crippen LogP contribution in [0.3, 0.4) is 0 Å². The minimum atomic E-state index is -0.714. The molecule has 2 aromatic rings. The third-order valence-corrected chi connectivity index (χ3v) is 6.57. The van der Waals surface area contributed by atoms with Crippen LogP contribution in [0.1, 0.15) is 36.2 Å². The molecule has 2 atom stereocenters. The van der Waals surface area contributed by atoms with Gasteiger partial charge in [0.1, 0.15) is 0 Å². The number of aryl methyl sites for hydroxylation is 2. The molecule has 0 radical (unpaired) electrons. The molecule has 30 heavy (non-hydrogen) atoms. The Hall–Kier alpha value is -2.38. The van der Waals surface area contributed by atoms with Crippen LogP contribution in [0.15, 0.2) is 24.3 Å². The van der Waals surface area contributed by atoms with Gasteiger partial charge in [0.2, 0.25) is 5.91 Å². The average Bonchev–Trinajstić information content (AvgIpc) is 3.29. The fourth-order valence-corrected chi connectivity index (χ4v) is 5.01. The van der Waals surface area contributed by atoms with E-state index < -0.39 is 11.4 Å². The van der Waals surface area contributed by atoms with Gasteiger partial charge in [-0.1, -0.05) is 24.1 Å². The highest BCUT2D eigenvalue weighted by Gasteiger charge is 2.54. The standard InChI is InChI=1S/C22H28N4O3.ClH/c1-14-6-8-18(9-7-14)26-16(3)20(15(2)24-26)23-19(27)12-25-11-17-5-4-10-22(17,13-25)21(28)29;/h6-9,17H,4-5,10-13H2,1-3H3,(H,23,27)(H,28,29);1H/t17-,22+;/m0./s1. The predicted octanol–water partition coefficient (Wildman–Crippen LogP) is 3.34. The number of halogens is 1. The average molecular weight is 433 g/mol. The Kier molecular flexibility index (Phi) is 6.24. The van der Waals surface area contributed by atoms with E-state index in [2.05, 4.69) is 10.4 Å². The van der Waals surface area contributed by atoms with Crippen LogP contribution in [0, 0.1) is 32.1 Å². The molecule has 0 bridgehead atoms. The SMILES string of the molecule is Cc1ccc(-n2nc(C)c(NC(=O)CN3C[C@@H]4CCC[C@@]4(C(=O)O)C3)c2C)cc1.Cl. The van der Waals surface area contributed by atoms with Crippen molar-refractivity contribution in [1.29, 1.82) is 0 Å². The van der Waals surface area contributed by atoms with Crippen molar-refractivity contribution in [2.45, 2.75) is 40.0 Å². The molecule has 4 rings (SSSR count). The van der Waals surface area contributed by atoms with Crippen LogP contribution >= 0.6 is 12.4 Å². The van der Waals surface area contributed by atoms with Crippen molar-refractivity contribution in [3.8, 4) is 5.69 Å². The number of carboxylic acid groups (broad SMARTS) is 1. The minimum Gasteiger partial charge on any atom is -0.481 e. The fourth-order valence-electron chi connectivity index (χ4n) is 5.01. The second-order valence-corrected chi connectivity index (χ2v) is 8.56. The maximum Gasteiger partial charge on any atom is 0.311 e. The summed E-state index contributed by atoms with van der Waals surface area (Å²) in [5, 5.41) is 17.3. The Morgan fingerprint density at radius 1 is 1.23 bits per heavy atom. The number of carboxylic acids is 1. The summed E-state index contributed by atoms with van der Waals surface area (Å²) in [6.45, 7) is 7.21. The van der Waals surface area contributed by atoms with Crippen molar-refractivity contribution in [2.75, 3.05) is 25.0 Å². The van der Waals surface area contributed by atoms with Gasteiger partial charge in [-0.25, -0.2) is 4.68 Å². The number of hydrogen-bond acceptors (Lipinski definition) is 4. The summed E-state index contributed by atoms with van der Waals surface area (Å²) in [7, 11) is 0. The van der Waals surface area contributed by atoms with Gasteiger partial charge in [0.25, 0.3) is 0 Å². The summed E-state index contributed by atoms with van der Waals surface area (Å²) in [4.78, 5) is 26.5. The Bertz CT molecular complexity index is 956. The summed E-state index contributed by atoms with van der Waals surface area (Å²) in [5.41, 5.74) is 3.83. The lowest BCUT2D eigenvalue weighted by molar-refractivity contribution is -0.149. The number of likely N-dealkylation sites (tertiary alicyclic amines) is 1. The zero-order chi connectivity index (χ0) is 20.8. The third kappa shape index (κ3) is 3.84. The molecule has 1 saturated heterocycles. The highest BCUT2D eigenvalue weighted by atomic mass is 35.5. The molecule has 1 aliphatic carbocycles. The number of carbonyl (C=O) groups excluding carboxylic acids is 1. The smallest absolute Gasteiger partial charge is 0.311 e. The lowest BCUT2D eigenvalue weighted by Gasteiger charge is -2.23. The maximum absolute atomic E-state index is 12.7. The van der Waals surface area contributed by atoms with E-state index in [1.165, 1.54) is 5.56 Å². The van der Waals surface area contributed by atoms with E-state index in [1.807, 2.05) is 54.6 Å². The predicted molar refractivity (Wildman–Crippen MR) is 118 cm³/mol. The molecular weight excluding hydrogens is 404 g/mol. The van der Waals surface area contributed by atoms with E-state index in [0.717, 1.165) is 35.6 Å². The number of nitrogens with one attached hydrogen (secondary N) is 1. The number of aromatic nitrogens is 2. The van der Waals surface area contributed by atoms with Gasteiger partial charge in [-0.05, 0) is 51.7 Å². The van der Waals surface area contributed by atoms with Crippen LogP contribution in [-0.4, -0.2) is 51.3 Å². The van der Waals surface area contributed by atoms with Gasteiger partial charge in [-0.15, -0.1) is 12.4 Å². The van der Waals surface area contributed by atoms with Crippen molar-refractivity contribution in [2.24, 2.45) is 11.3 Å². The van der Waals surface area contributed by atoms with E-state index in [0.29, 0.717) is 19.5 Å². The summed E-state index contributed by atoms with van der Waals surface area (Å²) in [6, 6.07) is 8.09. The summed E-state index contributed by atoms with van der Waals surface area (Å²) >= 11 is 0. The van der Waals surface area contributed by atoms with Crippen LogP contribution in [0.25, 0.3) is 5.69 Å². The summed E-state index contributed by atoms with van der Waals surface area (Å²) in [6.07, 6.45) is 2.62. The van der Waals surface area contributed by atoms with Gasteiger partial charge in [0.05, 0.1) is 34.7 Å². The van der Waals surface area contributed by atoms with E-state index >= 15 is 0 Å². The molecule has 2 heterocycles. The first-order chi connectivity index (χ1) is 13.8. The zero-order valence-corrected chi connectivity index (χ0v) is 18.5. The molecule has 2 aliphatic rings. The van der Waals surface area contributed by atoms with E-state index in [9.17, 15) is 14.7 Å². The van der Waals surface area contributed by atoms with Gasteiger partial charge in [-0.2, -0.15) is 5.10 Å². The molecule has 2 N–H and O–H groups in total. The van der Waals surface area contributed by atoms with Crippen molar-refractivity contribution < 1.29 is 14.7 Å². The van der Waals surface area contributed by atoms with E-state index in [4.69, 9.17) is 0 Å². The molecule has 2 fully saturated rings. The van der Waals surface area contributed by atoms with Crippen molar-refractivity contribution >= 4 is 30.0 Å². The van der Waals surface area contributed by atoms with Gasteiger partial charge in [-0.3, -0.25) is 14.5 Å². The second-order valence-electron chi connectivity index (χ2n) is 8.56. The normalized spacial score (nSPS) is 23.1. The highest BCUT2D eigenvalue weighted by Crippen LogP contribution is 2.48. The Labute approximate surface area is 182 Å². The quantitative estimate of drug-likeness (QED) is 0.756. The van der Waals surface area contributed by atoms with Crippen LogP contribution < -0.4 is 5.32 Å². The van der Waals surface area contributed by atoms with Gasteiger partial charge >= 0.3 is 5.97 Å². The molecule has 1 amide bonds. The molecule has 1 saturated carbocycles. The first-order valence-electron chi connectivity index (χ1n) is 10.2. The van der Waals surface area contributed by atoms with E-state index in [-0.39, 0.29) is 30.8 Å². The lowest BCUT2D eigenvalue weighted by atomic mass is 9.81. The van der Waals surface area contributed by atoms with Crippen LogP contribution in [0.5, 0.6) is 0 Å². The molecule has 1 aromatic carbocycles. The fraction of sp³-hybridized carbons (Fsp3) is 0.500. The van der Waals surface area contributed by atoms with Crippen LogP contribution in [-0.2, 0) is 9.59 Å². The lowest BCUT2D eigenvalue weighted by Crippen LogP contribution is -2.37. The monoisotopic (exact) mass is 432 g/mol. The van der Waals surface area contributed by atoms with E-state index in [1.54, 1.807) is 0 Å². The van der Waals surface area contributed by atoms with Crippen LogP contribution in [0.4, 0.5) is 5.69 Å². The Morgan fingerprint density at radius 2 is 1.93 bits per heavy atom. The Balaban J connectivity index is 0.00000256. The van der Waals surface area contributed by atoms with Gasteiger partial charge < -0.3 is 10.4 Å². The zero-order valence-electron chi connectivity index (χ0n) is 17.6. The molecule has 8 heteroatoms. The number of amides is 1. The van der Waals surface area contributed by atoms with Crippen molar-refractivity contribution in [3.63, 3.8) is 0 Å². The summed E-state index contributed by atoms with van der Waals surface area (Å²) in [5.74, 6) is -0.685.